The third-order valence-corrected chi connectivity index (χ3v) is 2.78. The second kappa shape index (κ2) is 4.97. The molecule has 1 aliphatic carbocycles. The summed E-state index contributed by atoms with van der Waals surface area (Å²) in [5.41, 5.74) is 5.60. The maximum Gasteiger partial charge on any atom is 0.311 e. The standard InChI is InChI=1S/C12H23NO2/c1-12(2,3)15-11(14)9-7-5-4-6-8-10(9)13/h9-10H,4-8,13H2,1-3H3/t9-,10-/m0/s1. The second-order valence-corrected chi connectivity index (χ2v) is 5.44. The predicted molar refractivity (Wildman–Crippen MR) is 60.4 cm³/mol. The van der Waals surface area contributed by atoms with Gasteiger partial charge >= 0.3 is 5.97 Å². The van der Waals surface area contributed by atoms with Crippen LogP contribution in [0.2, 0.25) is 0 Å². The highest BCUT2D eigenvalue weighted by Gasteiger charge is 2.30. The van der Waals surface area contributed by atoms with Crippen molar-refractivity contribution in [3.05, 3.63) is 0 Å². The van der Waals surface area contributed by atoms with Crippen LogP contribution in [0.4, 0.5) is 0 Å². The third kappa shape index (κ3) is 4.20. The Hall–Kier alpha value is -0.570. The SMILES string of the molecule is CC(C)(C)OC(=O)[C@H]1CCCCC[C@@H]1N. The number of esters is 1. The minimum Gasteiger partial charge on any atom is -0.460 e. The Bertz CT molecular complexity index is 220. The average Bonchev–Trinajstić information content (AvgIpc) is 2.26. The lowest BCUT2D eigenvalue weighted by Gasteiger charge is -2.26. The molecule has 3 heteroatoms. The number of rotatable bonds is 1. The molecule has 2 atom stereocenters. The topological polar surface area (TPSA) is 52.3 Å². The van der Waals surface area contributed by atoms with Gasteiger partial charge in [-0.1, -0.05) is 19.3 Å². The van der Waals surface area contributed by atoms with Gasteiger partial charge in [-0.15, -0.1) is 0 Å². The molecule has 0 heterocycles. The first-order valence-electron chi connectivity index (χ1n) is 5.88. The Morgan fingerprint density at radius 2 is 1.80 bits per heavy atom. The van der Waals surface area contributed by atoms with Crippen LogP contribution in [0, 0.1) is 5.92 Å². The quantitative estimate of drug-likeness (QED) is 0.537. The van der Waals surface area contributed by atoms with Crippen molar-refractivity contribution in [3.8, 4) is 0 Å². The number of hydrogen-bond donors (Lipinski definition) is 1. The summed E-state index contributed by atoms with van der Waals surface area (Å²) in [6.45, 7) is 5.69. The molecule has 0 radical (unpaired) electrons. The van der Waals surface area contributed by atoms with Crippen molar-refractivity contribution in [2.75, 3.05) is 0 Å². The van der Waals surface area contributed by atoms with Crippen LogP contribution in [-0.2, 0) is 9.53 Å². The molecule has 0 saturated heterocycles. The number of carbonyl (C=O) groups is 1. The van der Waals surface area contributed by atoms with E-state index in [2.05, 4.69) is 0 Å². The Balaban J connectivity index is 2.56. The van der Waals surface area contributed by atoms with Gasteiger partial charge in [-0.25, -0.2) is 0 Å². The van der Waals surface area contributed by atoms with Crippen LogP contribution in [0.1, 0.15) is 52.9 Å². The molecule has 1 aliphatic rings. The van der Waals surface area contributed by atoms with E-state index in [4.69, 9.17) is 10.5 Å². The van der Waals surface area contributed by atoms with E-state index < -0.39 is 5.60 Å². The predicted octanol–water partition coefficient (Wildman–Crippen LogP) is 2.24. The molecule has 0 bridgehead atoms. The lowest BCUT2D eigenvalue weighted by Crippen LogP contribution is -2.38. The van der Waals surface area contributed by atoms with E-state index in [1.165, 1.54) is 6.42 Å². The van der Waals surface area contributed by atoms with Gasteiger partial charge in [-0.05, 0) is 33.6 Å². The summed E-state index contributed by atoms with van der Waals surface area (Å²) in [4.78, 5) is 11.9. The second-order valence-electron chi connectivity index (χ2n) is 5.44. The van der Waals surface area contributed by atoms with Crippen LogP contribution in [-0.4, -0.2) is 17.6 Å². The van der Waals surface area contributed by atoms with E-state index in [9.17, 15) is 4.79 Å². The Morgan fingerprint density at radius 1 is 1.20 bits per heavy atom. The van der Waals surface area contributed by atoms with Crippen LogP contribution < -0.4 is 5.73 Å². The van der Waals surface area contributed by atoms with Crippen LogP contribution in [0.3, 0.4) is 0 Å². The normalized spacial score (nSPS) is 28.3. The number of ether oxygens (including phenoxy) is 1. The molecule has 0 aromatic carbocycles. The van der Waals surface area contributed by atoms with E-state index in [1.807, 2.05) is 20.8 Å². The van der Waals surface area contributed by atoms with Crippen LogP contribution in [0.5, 0.6) is 0 Å². The maximum absolute atomic E-state index is 11.9. The molecule has 0 spiro atoms. The van der Waals surface area contributed by atoms with Gasteiger partial charge in [0, 0.05) is 6.04 Å². The Morgan fingerprint density at radius 3 is 2.40 bits per heavy atom. The number of nitrogens with two attached hydrogens (primary N) is 1. The molecule has 1 rings (SSSR count). The monoisotopic (exact) mass is 213 g/mol. The summed E-state index contributed by atoms with van der Waals surface area (Å²) in [6, 6.07) is -0.0117. The highest BCUT2D eigenvalue weighted by Crippen LogP contribution is 2.24. The molecule has 0 unspecified atom stereocenters. The fourth-order valence-corrected chi connectivity index (χ4v) is 2.01. The van der Waals surface area contributed by atoms with E-state index >= 15 is 0 Å². The molecule has 0 amide bonds. The summed E-state index contributed by atoms with van der Waals surface area (Å²) in [7, 11) is 0. The van der Waals surface area contributed by atoms with E-state index in [0.29, 0.717) is 0 Å². The number of hydrogen-bond acceptors (Lipinski definition) is 3. The van der Waals surface area contributed by atoms with Crippen LogP contribution in [0.25, 0.3) is 0 Å². The summed E-state index contributed by atoms with van der Waals surface area (Å²) in [6.07, 6.45) is 5.26. The van der Waals surface area contributed by atoms with Gasteiger partial charge in [-0.3, -0.25) is 4.79 Å². The smallest absolute Gasteiger partial charge is 0.311 e. The summed E-state index contributed by atoms with van der Waals surface area (Å²) in [5.74, 6) is -0.205. The lowest BCUT2D eigenvalue weighted by molar-refractivity contribution is -0.161. The minimum atomic E-state index is -0.400. The molecule has 15 heavy (non-hydrogen) atoms. The average molecular weight is 213 g/mol. The van der Waals surface area contributed by atoms with Gasteiger partial charge in [0.1, 0.15) is 5.60 Å². The van der Waals surface area contributed by atoms with Crippen molar-refractivity contribution in [1.82, 2.24) is 0 Å². The summed E-state index contributed by atoms with van der Waals surface area (Å²) in [5, 5.41) is 0. The summed E-state index contributed by atoms with van der Waals surface area (Å²) >= 11 is 0. The van der Waals surface area contributed by atoms with Gasteiger partial charge in [0.15, 0.2) is 0 Å². The minimum absolute atomic E-state index is 0.0117. The fraction of sp³-hybridized carbons (Fsp3) is 0.917. The van der Waals surface area contributed by atoms with E-state index in [-0.39, 0.29) is 17.9 Å². The largest absolute Gasteiger partial charge is 0.460 e. The first-order valence-corrected chi connectivity index (χ1v) is 5.88. The Labute approximate surface area is 92.4 Å². The van der Waals surface area contributed by atoms with Crippen molar-refractivity contribution in [3.63, 3.8) is 0 Å². The fourth-order valence-electron chi connectivity index (χ4n) is 2.01. The number of carbonyl (C=O) groups excluding carboxylic acids is 1. The van der Waals surface area contributed by atoms with Crippen molar-refractivity contribution in [2.24, 2.45) is 11.7 Å². The van der Waals surface area contributed by atoms with Crippen molar-refractivity contribution in [1.29, 1.82) is 0 Å². The molecule has 3 nitrogen and oxygen atoms in total. The molecular formula is C12H23NO2. The summed E-state index contributed by atoms with van der Waals surface area (Å²) < 4.78 is 5.38. The van der Waals surface area contributed by atoms with Crippen molar-refractivity contribution < 1.29 is 9.53 Å². The van der Waals surface area contributed by atoms with Crippen molar-refractivity contribution >= 4 is 5.97 Å². The zero-order valence-corrected chi connectivity index (χ0v) is 10.1. The molecular weight excluding hydrogens is 190 g/mol. The maximum atomic E-state index is 11.9. The van der Waals surface area contributed by atoms with Gasteiger partial charge in [-0.2, -0.15) is 0 Å². The van der Waals surface area contributed by atoms with E-state index in [0.717, 1.165) is 25.7 Å². The highest BCUT2D eigenvalue weighted by molar-refractivity contribution is 5.73. The molecule has 0 aromatic heterocycles. The molecule has 0 aliphatic heterocycles. The molecule has 0 aromatic rings. The van der Waals surface area contributed by atoms with Gasteiger partial charge < -0.3 is 10.5 Å². The van der Waals surface area contributed by atoms with Gasteiger partial charge in [0.2, 0.25) is 0 Å². The van der Waals surface area contributed by atoms with Crippen LogP contribution in [0.15, 0.2) is 0 Å². The van der Waals surface area contributed by atoms with Crippen molar-refractivity contribution in [2.45, 2.75) is 64.5 Å². The first kappa shape index (κ1) is 12.5. The molecule has 2 N–H and O–H groups in total. The third-order valence-electron chi connectivity index (χ3n) is 2.78. The Kier molecular flexibility index (Phi) is 4.14. The molecule has 1 fully saturated rings. The lowest BCUT2D eigenvalue weighted by atomic mass is 9.95. The molecule has 88 valence electrons. The zero-order chi connectivity index (χ0) is 11.5. The zero-order valence-electron chi connectivity index (χ0n) is 10.1. The van der Waals surface area contributed by atoms with Gasteiger partial charge in [0.25, 0.3) is 0 Å². The van der Waals surface area contributed by atoms with E-state index in [1.54, 1.807) is 0 Å². The van der Waals surface area contributed by atoms with Gasteiger partial charge in [0.05, 0.1) is 5.92 Å². The van der Waals surface area contributed by atoms with Crippen LogP contribution >= 0.6 is 0 Å². The highest BCUT2D eigenvalue weighted by atomic mass is 16.6. The first-order chi connectivity index (χ1) is 6.90. The molecule has 1 saturated carbocycles.